The van der Waals surface area contributed by atoms with Gasteiger partial charge in [-0.15, -0.1) is 0 Å². The molecule has 3 amide bonds. The van der Waals surface area contributed by atoms with Crippen molar-refractivity contribution < 1.29 is 19.1 Å². The van der Waals surface area contributed by atoms with Gasteiger partial charge in [-0.3, -0.25) is 9.59 Å². The molecule has 2 aromatic rings. The lowest BCUT2D eigenvalue weighted by Crippen LogP contribution is -2.35. The van der Waals surface area contributed by atoms with Crippen molar-refractivity contribution in [2.45, 2.75) is 38.7 Å². The number of alkyl carbamates (subject to hydrolysis) is 1. The average molecular weight is 424 g/mol. The van der Waals surface area contributed by atoms with Crippen molar-refractivity contribution in [1.82, 2.24) is 10.2 Å². The third-order valence-electron chi connectivity index (χ3n) is 5.10. The highest BCUT2D eigenvalue weighted by Crippen LogP contribution is 2.16. The Morgan fingerprint density at radius 3 is 2.48 bits per heavy atom. The first-order chi connectivity index (χ1) is 15.1. The number of ether oxygens (including phenoxy) is 1. The summed E-state index contributed by atoms with van der Waals surface area (Å²) in [6.07, 6.45) is 3.47. The lowest BCUT2D eigenvalue weighted by atomic mass is 10.1. The highest BCUT2D eigenvalue weighted by atomic mass is 16.5. The summed E-state index contributed by atoms with van der Waals surface area (Å²) in [6.45, 7) is 2.13. The molecule has 7 nitrogen and oxygen atoms in total. The van der Waals surface area contributed by atoms with Gasteiger partial charge in [0, 0.05) is 37.3 Å². The Morgan fingerprint density at radius 1 is 0.935 bits per heavy atom. The zero-order valence-corrected chi connectivity index (χ0v) is 17.6. The van der Waals surface area contributed by atoms with Crippen LogP contribution in [-0.2, 0) is 16.1 Å². The third kappa shape index (κ3) is 7.44. The maximum Gasteiger partial charge on any atom is 0.407 e. The fourth-order valence-electron chi connectivity index (χ4n) is 3.45. The van der Waals surface area contributed by atoms with E-state index >= 15 is 0 Å². The van der Waals surface area contributed by atoms with Crippen molar-refractivity contribution in [2.24, 2.45) is 0 Å². The van der Waals surface area contributed by atoms with Gasteiger partial charge in [-0.25, -0.2) is 4.79 Å². The number of carbonyl (C=O) groups excluding carboxylic acids is 3. The van der Waals surface area contributed by atoms with E-state index in [4.69, 9.17) is 4.74 Å². The molecule has 0 spiro atoms. The van der Waals surface area contributed by atoms with Gasteiger partial charge in [0.1, 0.15) is 6.61 Å². The molecular weight excluding hydrogens is 394 g/mol. The van der Waals surface area contributed by atoms with Crippen molar-refractivity contribution >= 4 is 23.6 Å². The summed E-state index contributed by atoms with van der Waals surface area (Å²) in [5.41, 5.74) is 2.10. The van der Waals surface area contributed by atoms with Crippen LogP contribution in [0.1, 0.15) is 48.0 Å². The largest absolute Gasteiger partial charge is 0.445 e. The molecular formula is C24H29N3O4. The lowest BCUT2D eigenvalue weighted by molar-refractivity contribution is -0.116. The van der Waals surface area contributed by atoms with E-state index in [0.29, 0.717) is 24.2 Å². The van der Waals surface area contributed by atoms with E-state index in [1.807, 2.05) is 35.2 Å². The first-order valence-corrected chi connectivity index (χ1v) is 10.8. The molecule has 7 heteroatoms. The zero-order chi connectivity index (χ0) is 21.9. The number of hydrogen-bond donors (Lipinski definition) is 2. The minimum Gasteiger partial charge on any atom is -0.445 e. The molecule has 2 N–H and O–H groups in total. The number of benzene rings is 2. The molecule has 2 aromatic carbocycles. The zero-order valence-electron chi connectivity index (χ0n) is 17.6. The van der Waals surface area contributed by atoms with Gasteiger partial charge >= 0.3 is 6.09 Å². The van der Waals surface area contributed by atoms with E-state index in [1.54, 1.807) is 24.3 Å². The molecule has 0 radical (unpaired) electrons. The summed E-state index contributed by atoms with van der Waals surface area (Å²) in [5, 5.41) is 5.46. The molecule has 1 aliphatic rings. The van der Waals surface area contributed by atoms with Gasteiger partial charge in [0.2, 0.25) is 5.91 Å². The Balaban J connectivity index is 1.35. The summed E-state index contributed by atoms with van der Waals surface area (Å²) in [6, 6.07) is 16.5. The summed E-state index contributed by atoms with van der Waals surface area (Å²) in [4.78, 5) is 38.4. The Labute approximate surface area is 182 Å². The van der Waals surface area contributed by atoms with Crippen molar-refractivity contribution in [3.05, 3.63) is 65.7 Å². The maximum absolute atomic E-state index is 12.6. The number of likely N-dealkylation sites (tertiary alicyclic amines) is 1. The van der Waals surface area contributed by atoms with Crippen molar-refractivity contribution in [1.29, 1.82) is 0 Å². The number of rotatable bonds is 8. The minimum atomic E-state index is -0.506. The molecule has 0 atom stereocenters. The molecule has 0 aliphatic carbocycles. The van der Waals surface area contributed by atoms with Crippen LogP contribution in [0.25, 0.3) is 0 Å². The second kappa shape index (κ2) is 11.7. The van der Waals surface area contributed by atoms with E-state index in [2.05, 4.69) is 10.6 Å². The number of carbonyl (C=O) groups is 3. The van der Waals surface area contributed by atoms with Crippen LogP contribution in [0.3, 0.4) is 0 Å². The van der Waals surface area contributed by atoms with Gasteiger partial charge in [0.25, 0.3) is 5.91 Å². The van der Waals surface area contributed by atoms with Gasteiger partial charge in [-0.05, 0) is 49.4 Å². The lowest BCUT2D eigenvalue weighted by Gasteiger charge is -2.26. The molecule has 164 valence electrons. The van der Waals surface area contributed by atoms with Crippen molar-refractivity contribution in [2.75, 3.05) is 25.0 Å². The van der Waals surface area contributed by atoms with Crippen molar-refractivity contribution in [3.63, 3.8) is 0 Å². The second-order valence-electron chi connectivity index (χ2n) is 7.57. The molecule has 0 aromatic heterocycles. The van der Waals surface area contributed by atoms with Crippen LogP contribution in [0.4, 0.5) is 10.5 Å². The van der Waals surface area contributed by atoms with Crippen molar-refractivity contribution in [3.8, 4) is 0 Å². The van der Waals surface area contributed by atoms with Crippen LogP contribution in [-0.4, -0.2) is 42.4 Å². The van der Waals surface area contributed by atoms with Gasteiger partial charge in [-0.1, -0.05) is 36.4 Å². The van der Waals surface area contributed by atoms with Crippen LogP contribution in [0, 0.1) is 0 Å². The minimum absolute atomic E-state index is 0.00835. The summed E-state index contributed by atoms with van der Waals surface area (Å²) in [5.74, 6) is -0.156. The van der Waals surface area contributed by atoms with E-state index in [-0.39, 0.29) is 24.8 Å². The highest BCUT2D eigenvalue weighted by Gasteiger charge is 2.18. The quantitative estimate of drug-likeness (QED) is 0.629. The molecule has 0 saturated carbocycles. The van der Waals surface area contributed by atoms with Crippen LogP contribution in [0.15, 0.2) is 54.6 Å². The number of anilines is 1. The second-order valence-corrected chi connectivity index (χ2v) is 7.57. The topological polar surface area (TPSA) is 87.7 Å². The standard InChI is InChI=1S/C24H29N3O4/c28-22(13-8-14-25-24(30)31-18-19-9-3-1-4-10-19)26-21-12-7-11-20(17-21)23(29)27-15-5-2-6-16-27/h1,3-4,7,9-12,17H,2,5-6,8,13-16,18H2,(H,25,30)(H,26,28). The molecule has 0 unspecified atom stereocenters. The third-order valence-corrected chi connectivity index (χ3v) is 5.10. The SMILES string of the molecule is O=C(CCCNC(=O)OCc1ccccc1)Nc1cccc(C(=O)N2CCCCC2)c1. The first kappa shape index (κ1) is 22.3. The Bertz CT molecular complexity index is 879. The van der Waals surface area contributed by atoms with Gasteiger partial charge in [0.05, 0.1) is 0 Å². The predicted molar refractivity (Wildman–Crippen MR) is 119 cm³/mol. The number of amides is 3. The Morgan fingerprint density at radius 2 is 1.71 bits per heavy atom. The number of nitrogens with one attached hydrogen (secondary N) is 2. The van der Waals surface area contributed by atoms with Gasteiger partial charge < -0.3 is 20.3 Å². The maximum atomic E-state index is 12.6. The predicted octanol–water partition coefficient (Wildman–Crippen LogP) is 3.96. The molecule has 31 heavy (non-hydrogen) atoms. The fraction of sp³-hybridized carbons (Fsp3) is 0.375. The number of hydrogen-bond acceptors (Lipinski definition) is 4. The number of piperidine rings is 1. The van der Waals surface area contributed by atoms with Crippen LogP contribution < -0.4 is 10.6 Å². The van der Waals surface area contributed by atoms with Gasteiger partial charge in [0.15, 0.2) is 0 Å². The van der Waals surface area contributed by atoms with E-state index < -0.39 is 6.09 Å². The monoisotopic (exact) mass is 423 g/mol. The molecule has 1 saturated heterocycles. The Kier molecular flexibility index (Phi) is 8.46. The van der Waals surface area contributed by atoms with E-state index in [0.717, 1.165) is 31.5 Å². The smallest absolute Gasteiger partial charge is 0.407 e. The number of nitrogens with zero attached hydrogens (tertiary/aromatic N) is 1. The molecule has 1 fully saturated rings. The van der Waals surface area contributed by atoms with Crippen LogP contribution in [0.2, 0.25) is 0 Å². The first-order valence-electron chi connectivity index (χ1n) is 10.8. The summed E-state index contributed by atoms with van der Waals surface area (Å²) < 4.78 is 5.13. The highest BCUT2D eigenvalue weighted by molar-refractivity contribution is 5.97. The molecule has 3 rings (SSSR count). The van der Waals surface area contributed by atoms with E-state index in [1.165, 1.54) is 6.42 Å². The van der Waals surface area contributed by atoms with E-state index in [9.17, 15) is 14.4 Å². The average Bonchev–Trinajstić information content (AvgIpc) is 2.81. The van der Waals surface area contributed by atoms with Gasteiger partial charge in [-0.2, -0.15) is 0 Å². The normalized spacial score (nSPS) is 13.4. The Hall–Kier alpha value is -3.35. The fourth-order valence-corrected chi connectivity index (χ4v) is 3.45. The summed E-state index contributed by atoms with van der Waals surface area (Å²) in [7, 11) is 0. The molecule has 0 bridgehead atoms. The van der Waals surface area contributed by atoms with Crippen LogP contribution >= 0.6 is 0 Å². The molecule has 1 heterocycles. The summed E-state index contributed by atoms with van der Waals surface area (Å²) >= 11 is 0. The molecule has 1 aliphatic heterocycles. The van der Waals surface area contributed by atoms with Crippen LogP contribution in [0.5, 0.6) is 0 Å².